The maximum Gasteiger partial charge on any atom is 0.243 e. The van der Waals surface area contributed by atoms with Gasteiger partial charge in [0.15, 0.2) is 0 Å². The van der Waals surface area contributed by atoms with Crippen LogP contribution in [0.5, 0.6) is 0 Å². The number of nitrogens with one attached hydrogen (secondary N) is 3. The monoisotopic (exact) mass is 547 g/mol. The molecule has 212 valence electrons. The quantitative estimate of drug-likeness (QED) is 0.199. The summed E-state index contributed by atoms with van der Waals surface area (Å²) in [5.41, 5.74) is 12.7. The molecule has 11 heteroatoms. The normalized spacial score (nSPS) is 16.4. The van der Waals surface area contributed by atoms with E-state index in [-0.39, 0.29) is 24.7 Å². The van der Waals surface area contributed by atoms with Crippen molar-refractivity contribution in [3.05, 3.63) is 66.2 Å². The first-order valence-corrected chi connectivity index (χ1v) is 13.7. The number of aromatic amines is 1. The number of carbonyl (C=O) groups is 4. The molecule has 0 bridgehead atoms. The molecular weight excluding hydrogens is 510 g/mol. The van der Waals surface area contributed by atoms with Gasteiger partial charge in [0.1, 0.15) is 18.1 Å². The average molecular weight is 548 g/mol. The highest BCUT2D eigenvalue weighted by molar-refractivity contribution is 5.95. The van der Waals surface area contributed by atoms with Crippen LogP contribution in [0.25, 0.3) is 10.8 Å². The van der Waals surface area contributed by atoms with Crippen LogP contribution in [0.3, 0.4) is 0 Å². The van der Waals surface area contributed by atoms with Gasteiger partial charge >= 0.3 is 0 Å². The molecule has 7 N–H and O–H groups in total. The first-order chi connectivity index (χ1) is 19.4. The number of hydrogen-bond acceptors (Lipinski definition) is 6. The van der Waals surface area contributed by atoms with Gasteiger partial charge in [-0.2, -0.15) is 0 Å². The van der Waals surface area contributed by atoms with Gasteiger partial charge in [-0.3, -0.25) is 19.2 Å². The maximum atomic E-state index is 13.4. The second kappa shape index (κ2) is 13.7. The molecule has 2 aromatic carbocycles. The number of imidazole rings is 1. The minimum absolute atomic E-state index is 0.133. The fraction of sp³-hybridized carbons (Fsp3) is 0.414. The van der Waals surface area contributed by atoms with Crippen molar-refractivity contribution in [2.75, 3.05) is 13.1 Å². The van der Waals surface area contributed by atoms with Crippen LogP contribution in [0.1, 0.15) is 43.4 Å². The highest BCUT2D eigenvalue weighted by Crippen LogP contribution is 2.23. The number of aromatic nitrogens is 2. The molecule has 11 nitrogen and oxygen atoms in total. The number of rotatable bonds is 13. The van der Waals surface area contributed by atoms with E-state index in [2.05, 4.69) is 20.6 Å². The molecule has 2 heterocycles. The van der Waals surface area contributed by atoms with E-state index in [1.165, 1.54) is 6.33 Å². The zero-order chi connectivity index (χ0) is 28.5. The minimum atomic E-state index is -0.980. The molecule has 4 rings (SSSR count). The molecule has 0 aliphatic carbocycles. The molecule has 0 spiro atoms. The van der Waals surface area contributed by atoms with Crippen LogP contribution in [-0.4, -0.2) is 69.7 Å². The summed E-state index contributed by atoms with van der Waals surface area (Å²) < 4.78 is 0. The third-order valence-electron chi connectivity index (χ3n) is 7.32. The summed E-state index contributed by atoms with van der Waals surface area (Å²) in [5.74, 6) is -1.73. The number of benzene rings is 2. The molecule has 3 atom stereocenters. The van der Waals surface area contributed by atoms with Gasteiger partial charge < -0.3 is 32.0 Å². The zero-order valence-corrected chi connectivity index (χ0v) is 22.5. The summed E-state index contributed by atoms with van der Waals surface area (Å²) in [5, 5.41) is 7.58. The molecule has 1 aliphatic rings. The Kier molecular flexibility index (Phi) is 9.85. The lowest BCUT2D eigenvalue weighted by Crippen LogP contribution is -2.56. The van der Waals surface area contributed by atoms with Gasteiger partial charge in [-0.05, 0) is 55.0 Å². The van der Waals surface area contributed by atoms with Crippen molar-refractivity contribution in [3.8, 4) is 0 Å². The van der Waals surface area contributed by atoms with E-state index in [4.69, 9.17) is 11.5 Å². The lowest BCUT2D eigenvalue weighted by Gasteiger charge is -2.27. The maximum absolute atomic E-state index is 13.4. The van der Waals surface area contributed by atoms with Crippen molar-refractivity contribution in [1.29, 1.82) is 0 Å². The summed E-state index contributed by atoms with van der Waals surface area (Å²) in [6.45, 7) is 0.921. The SMILES string of the molecule is NCCCCC(NC(=O)[C@@H]1CCCN1C(=O)Cc1cccc2ccccc12)C(=O)NC(Cc1cnc[nH]1)C(N)=O. The van der Waals surface area contributed by atoms with E-state index >= 15 is 0 Å². The number of primary amides is 1. The molecule has 40 heavy (non-hydrogen) atoms. The third-order valence-corrected chi connectivity index (χ3v) is 7.32. The fourth-order valence-electron chi connectivity index (χ4n) is 5.19. The number of unbranched alkanes of at least 4 members (excludes halogenated alkanes) is 1. The Morgan fingerprint density at radius 1 is 1.05 bits per heavy atom. The number of hydrogen-bond donors (Lipinski definition) is 5. The molecule has 3 aromatic rings. The van der Waals surface area contributed by atoms with Crippen molar-refractivity contribution in [3.63, 3.8) is 0 Å². The van der Waals surface area contributed by atoms with Gasteiger partial charge in [-0.15, -0.1) is 0 Å². The van der Waals surface area contributed by atoms with Crippen molar-refractivity contribution < 1.29 is 19.2 Å². The lowest BCUT2D eigenvalue weighted by atomic mass is 10.0. The van der Waals surface area contributed by atoms with Gasteiger partial charge in [-0.25, -0.2) is 4.98 Å². The second-order valence-electron chi connectivity index (χ2n) is 10.2. The number of carbonyl (C=O) groups excluding carboxylic acids is 4. The van der Waals surface area contributed by atoms with E-state index in [1.807, 2.05) is 42.5 Å². The third kappa shape index (κ3) is 7.23. The van der Waals surface area contributed by atoms with Gasteiger partial charge in [0.2, 0.25) is 23.6 Å². The van der Waals surface area contributed by atoms with Crippen molar-refractivity contribution >= 4 is 34.4 Å². The van der Waals surface area contributed by atoms with Gasteiger partial charge in [0.05, 0.1) is 12.7 Å². The molecule has 1 saturated heterocycles. The number of nitrogens with zero attached hydrogens (tertiary/aromatic N) is 2. The second-order valence-corrected chi connectivity index (χ2v) is 10.2. The topological polar surface area (TPSA) is 176 Å². The van der Waals surface area contributed by atoms with E-state index in [0.29, 0.717) is 50.9 Å². The molecule has 0 radical (unpaired) electrons. The smallest absolute Gasteiger partial charge is 0.243 e. The van der Waals surface area contributed by atoms with Crippen LogP contribution in [0, 0.1) is 0 Å². The Labute approximate surface area is 233 Å². The zero-order valence-electron chi connectivity index (χ0n) is 22.5. The van der Waals surface area contributed by atoms with Crippen LogP contribution in [0.15, 0.2) is 55.0 Å². The van der Waals surface area contributed by atoms with Crippen molar-refractivity contribution in [2.24, 2.45) is 11.5 Å². The Balaban J connectivity index is 1.43. The number of amides is 4. The van der Waals surface area contributed by atoms with Crippen LogP contribution in [-0.2, 0) is 32.0 Å². The fourth-order valence-corrected chi connectivity index (χ4v) is 5.19. The Bertz CT molecular complexity index is 1320. The van der Waals surface area contributed by atoms with E-state index in [1.54, 1.807) is 11.1 Å². The van der Waals surface area contributed by atoms with Crippen LogP contribution < -0.4 is 22.1 Å². The highest BCUT2D eigenvalue weighted by atomic mass is 16.2. The number of nitrogens with two attached hydrogens (primary N) is 2. The minimum Gasteiger partial charge on any atom is -0.368 e. The number of likely N-dealkylation sites (tertiary alicyclic amines) is 1. The number of H-pyrrole nitrogens is 1. The molecule has 4 amide bonds. The molecular formula is C29H37N7O4. The molecule has 1 aromatic heterocycles. The van der Waals surface area contributed by atoms with Crippen LogP contribution in [0.4, 0.5) is 0 Å². The van der Waals surface area contributed by atoms with Gasteiger partial charge in [0.25, 0.3) is 0 Å². The Morgan fingerprint density at radius 3 is 2.60 bits per heavy atom. The van der Waals surface area contributed by atoms with E-state index < -0.39 is 29.9 Å². The van der Waals surface area contributed by atoms with E-state index in [9.17, 15) is 19.2 Å². The standard InChI is InChI=1S/C29H37N7O4/c30-13-4-3-11-23(28(39)35-24(27(31)38)16-21-17-32-18-33-21)34-29(40)25-12-6-14-36(25)26(37)15-20-9-5-8-19-7-1-2-10-22(19)20/h1-2,5,7-10,17-18,23-25H,3-4,6,11-16,30H2,(H2,31,38)(H,32,33)(H,34,40)(H,35,39)/t23?,24?,25-/m0/s1. The van der Waals surface area contributed by atoms with Crippen molar-refractivity contribution in [1.82, 2.24) is 25.5 Å². The largest absolute Gasteiger partial charge is 0.368 e. The Morgan fingerprint density at radius 2 is 1.85 bits per heavy atom. The predicted octanol–water partition coefficient (Wildman–Crippen LogP) is 0.923. The summed E-state index contributed by atoms with van der Waals surface area (Å²) in [6, 6.07) is 11.2. The van der Waals surface area contributed by atoms with E-state index in [0.717, 1.165) is 16.3 Å². The highest BCUT2D eigenvalue weighted by Gasteiger charge is 2.36. The summed E-state index contributed by atoms with van der Waals surface area (Å²) in [4.78, 5) is 60.5. The average Bonchev–Trinajstić information content (AvgIpc) is 3.65. The summed E-state index contributed by atoms with van der Waals surface area (Å²) >= 11 is 0. The van der Waals surface area contributed by atoms with Crippen LogP contribution in [0.2, 0.25) is 0 Å². The first-order valence-electron chi connectivity index (χ1n) is 13.7. The van der Waals surface area contributed by atoms with Gasteiger partial charge in [-0.1, -0.05) is 42.5 Å². The van der Waals surface area contributed by atoms with Crippen molar-refractivity contribution in [2.45, 2.75) is 63.1 Å². The lowest BCUT2D eigenvalue weighted by molar-refractivity contribution is -0.139. The number of fused-ring (bicyclic) bond motifs is 1. The molecule has 1 fully saturated rings. The molecule has 1 aliphatic heterocycles. The summed E-state index contributed by atoms with van der Waals surface area (Å²) in [7, 11) is 0. The molecule has 2 unspecified atom stereocenters. The molecule has 0 saturated carbocycles. The summed E-state index contributed by atoms with van der Waals surface area (Å²) in [6.07, 6.45) is 6.15. The predicted molar refractivity (Wildman–Crippen MR) is 151 cm³/mol. The first kappa shape index (κ1) is 28.8. The Hall–Kier alpha value is -4.25. The van der Waals surface area contributed by atoms with Crippen LogP contribution >= 0.6 is 0 Å². The van der Waals surface area contributed by atoms with Gasteiger partial charge in [0, 0.05) is 24.9 Å².